The predicted molar refractivity (Wildman–Crippen MR) is 118 cm³/mol. The highest BCUT2D eigenvalue weighted by Crippen LogP contribution is 2.41. The number of carbonyl (C=O) groups excluding carboxylic acids is 4. The van der Waals surface area contributed by atoms with Crippen LogP contribution < -0.4 is 0 Å². The molecule has 2 aliphatic heterocycles. The van der Waals surface area contributed by atoms with Crippen LogP contribution in [0.5, 0.6) is 0 Å². The number of carbonyl (C=O) groups is 4. The van der Waals surface area contributed by atoms with E-state index < -0.39 is 32.8 Å². The van der Waals surface area contributed by atoms with Gasteiger partial charge in [0.2, 0.25) is 11.8 Å². The molecule has 0 aliphatic carbocycles. The van der Waals surface area contributed by atoms with Crippen LogP contribution in [0.3, 0.4) is 0 Å². The molecule has 10 heteroatoms. The van der Waals surface area contributed by atoms with Gasteiger partial charge in [0, 0.05) is 10.0 Å². The van der Waals surface area contributed by atoms with Crippen LogP contribution in [0.25, 0.3) is 0 Å². The Hall–Kier alpha value is -2.00. The molecule has 0 radical (unpaired) electrons. The van der Waals surface area contributed by atoms with Crippen molar-refractivity contribution in [2.24, 2.45) is 0 Å². The summed E-state index contributed by atoms with van der Waals surface area (Å²) in [6.45, 7) is 0.0351. The number of benzene rings is 2. The van der Waals surface area contributed by atoms with Gasteiger partial charge in [0.15, 0.2) is 0 Å². The van der Waals surface area contributed by atoms with Crippen molar-refractivity contribution < 1.29 is 19.2 Å². The molecule has 2 aromatic rings. The Balaban J connectivity index is 1.50. The maximum atomic E-state index is 12.9. The summed E-state index contributed by atoms with van der Waals surface area (Å²) in [5.41, 5.74) is 1.26. The van der Waals surface area contributed by atoms with E-state index in [1.54, 1.807) is 48.5 Å². The molecule has 2 saturated heterocycles. The Bertz CT molecular complexity index is 981. The second-order valence-corrected chi connectivity index (χ2v) is 9.64. The highest BCUT2D eigenvalue weighted by molar-refractivity contribution is 8.19. The first kappa shape index (κ1) is 21.2. The van der Waals surface area contributed by atoms with Crippen LogP contribution in [-0.2, 0) is 22.7 Å². The zero-order valence-corrected chi connectivity index (χ0v) is 18.4. The monoisotopic (exact) mass is 480 g/mol. The van der Waals surface area contributed by atoms with Crippen molar-refractivity contribution in [1.29, 1.82) is 0 Å². The molecule has 2 fully saturated rings. The number of imide groups is 2. The number of hydrogen-bond acceptors (Lipinski definition) is 6. The molecule has 6 nitrogen and oxygen atoms in total. The van der Waals surface area contributed by atoms with Gasteiger partial charge in [0.05, 0.1) is 13.1 Å². The third-order valence-electron chi connectivity index (χ3n) is 4.76. The summed E-state index contributed by atoms with van der Waals surface area (Å²) in [5, 5.41) is -1.96. The Morgan fingerprint density at radius 2 is 1.03 bits per heavy atom. The molecule has 2 heterocycles. The Morgan fingerprint density at radius 1 is 0.667 bits per heavy atom. The van der Waals surface area contributed by atoms with Crippen molar-refractivity contribution in [1.82, 2.24) is 9.80 Å². The van der Waals surface area contributed by atoms with E-state index in [0.29, 0.717) is 21.2 Å². The van der Waals surface area contributed by atoms with E-state index in [2.05, 4.69) is 0 Å². The Labute approximate surface area is 190 Å². The fraction of sp³-hybridized carbons (Fsp3) is 0.200. The lowest BCUT2D eigenvalue weighted by molar-refractivity contribution is -0.132. The fourth-order valence-corrected chi connectivity index (χ4v) is 5.85. The first-order valence-electron chi connectivity index (χ1n) is 8.87. The second-order valence-electron chi connectivity index (χ2n) is 6.64. The average Bonchev–Trinajstić information content (AvgIpc) is 3.15. The van der Waals surface area contributed by atoms with Crippen LogP contribution in [-0.4, -0.2) is 42.6 Å². The lowest BCUT2D eigenvalue weighted by Crippen LogP contribution is -2.40. The molecule has 4 rings (SSSR count). The van der Waals surface area contributed by atoms with Gasteiger partial charge in [0.1, 0.15) is 10.5 Å². The van der Waals surface area contributed by atoms with Gasteiger partial charge in [-0.3, -0.25) is 29.0 Å². The van der Waals surface area contributed by atoms with Crippen molar-refractivity contribution in [3.8, 4) is 0 Å². The van der Waals surface area contributed by atoms with Gasteiger partial charge in [-0.1, -0.05) is 59.6 Å². The molecule has 2 aromatic carbocycles. The van der Waals surface area contributed by atoms with Crippen LogP contribution in [0.4, 0.5) is 9.59 Å². The molecule has 0 aromatic heterocycles. The summed E-state index contributed by atoms with van der Waals surface area (Å²) in [6, 6.07) is 13.8. The molecule has 30 heavy (non-hydrogen) atoms. The van der Waals surface area contributed by atoms with E-state index in [4.69, 9.17) is 23.2 Å². The van der Waals surface area contributed by atoms with Crippen LogP contribution in [0.15, 0.2) is 48.5 Å². The minimum Gasteiger partial charge on any atom is -0.273 e. The van der Waals surface area contributed by atoms with Crippen molar-refractivity contribution in [2.75, 3.05) is 0 Å². The molecule has 4 amide bonds. The standard InChI is InChI=1S/C20H14Cl2N2O4S2/c21-13-7-3-1-5-11(13)9-23-17(25)15(29-19(23)27)16-18(26)24(20(28)30-16)10-12-6-2-4-8-14(12)22/h1-8,15-16H,9-10H2/t15-,16-/m1/s1. The zero-order chi connectivity index (χ0) is 21.4. The molecule has 0 N–H and O–H groups in total. The third kappa shape index (κ3) is 3.97. The zero-order valence-electron chi connectivity index (χ0n) is 15.3. The highest BCUT2D eigenvalue weighted by Gasteiger charge is 2.52. The molecule has 0 unspecified atom stereocenters. The molecule has 0 bridgehead atoms. The van der Waals surface area contributed by atoms with Gasteiger partial charge < -0.3 is 0 Å². The minimum atomic E-state index is -0.960. The normalized spacial score (nSPS) is 21.8. The molecular weight excluding hydrogens is 467 g/mol. The van der Waals surface area contributed by atoms with Crippen LogP contribution in [0.2, 0.25) is 10.0 Å². The van der Waals surface area contributed by atoms with Gasteiger partial charge in [-0.2, -0.15) is 0 Å². The minimum absolute atomic E-state index is 0.0176. The van der Waals surface area contributed by atoms with Gasteiger partial charge >= 0.3 is 0 Å². The van der Waals surface area contributed by atoms with Gasteiger partial charge in [-0.15, -0.1) is 0 Å². The molecule has 0 spiro atoms. The number of nitrogens with zero attached hydrogens (tertiary/aromatic N) is 2. The summed E-state index contributed by atoms with van der Waals surface area (Å²) in [6.07, 6.45) is 0. The summed E-state index contributed by atoms with van der Waals surface area (Å²) in [7, 11) is 0. The van der Waals surface area contributed by atoms with Gasteiger partial charge in [-0.05, 0) is 46.8 Å². The van der Waals surface area contributed by atoms with E-state index >= 15 is 0 Å². The lowest BCUT2D eigenvalue weighted by atomic mass is 10.1. The topological polar surface area (TPSA) is 74.8 Å². The van der Waals surface area contributed by atoms with E-state index in [0.717, 1.165) is 33.3 Å². The molecule has 0 saturated carbocycles. The van der Waals surface area contributed by atoms with Crippen molar-refractivity contribution in [3.63, 3.8) is 0 Å². The SMILES string of the molecule is O=C1S[C@H]([C@H]2SC(=O)N(Cc3ccccc3Cl)C2=O)C(=O)N1Cc1ccccc1Cl. The summed E-state index contributed by atoms with van der Waals surface area (Å²) in [4.78, 5) is 52.9. The summed E-state index contributed by atoms with van der Waals surface area (Å²) in [5.74, 6) is -0.994. The van der Waals surface area contributed by atoms with E-state index in [1.165, 1.54) is 0 Å². The lowest BCUT2D eigenvalue weighted by Gasteiger charge is -2.17. The first-order chi connectivity index (χ1) is 14.4. The van der Waals surface area contributed by atoms with Gasteiger partial charge in [0.25, 0.3) is 10.5 Å². The van der Waals surface area contributed by atoms with Crippen LogP contribution >= 0.6 is 46.7 Å². The molecule has 2 aliphatic rings. The van der Waals surface area contributed by atoms with Gasteiger partial charge in [-0.25, -0.2) is 0 Å². The maximum Gasteiger partial charge on any atom is 0.289 e. The van der Waals surface area contributed by atoms with Crippen LogP contribution in [0.1, 0.15) is 11.1 Å². The van der Waals surface area contributed by atoms with Crippen LogP contribution in [0, 0.1) is 0 Å². The van der Waals surface area contributed by atoms with E-state index in [9.17, 15) is 19.2 Å². The fourth-order valence-electron chi connectivity index (χ4n) is 3.19. The highest BCUT2D eigenvalue weighted by atomic mass is 35.5. The predicted octanol–water partition coefficient (Wildman–Crippen LogP) is 4.82. The van der Waals surface area contributed by atoms with Crippen molar-refractivity contribution >= 4 is 69.0 Å². The summed E-state index contributed by atoms with van der Waals surface area (Å²) >= 11 is 13.8. The second kappa shape index (κ2) is 8.63. The summed E-state index contributed by atoms with van der Waals surface area (Å²) < 4.78 is 0. The quantitative estimate of drug-likeness (QED) is 0.610. The Kier molecular flexibility index (Phi) is 6.11. The largest absolute Gasteiger partial charge is 0.289 e. The molecular formula is C20H14Cl2N2O4S2. The first-order valence-corrected chi connectivity index (χ1v) is 11.4. The number of amides is 4. The average molecular weight is 481 g/mol. The van der Waals surface area contributed by atoms with E-state index in [1.807, 2.05) is 0 Å². The molecule has 2 atom stereocenters. The third-order valence-corrected chi connectivity index (χ3v) is 7.97. The maximum absolute atomic E-state index is 12.9. The Morgan fingerprint density at radius 3 is 1.40 bits per heavy atom. The number of hydrogen-bond donors (Lipinski definition) is 0. The number of rotatable bonds is 5. The van der Waals surface area contributed by atoms with Crippen molar-refractivity contribution in [2.45, 2.75) is 23.6 Å². The number of halogens is 2. The van der Waals surface area contributed by atoms with E-state index in [-0.39, 0.29) is 13.1 Å². The smallest absolute Gasteiger partial charge is 0.273 e. The number of thioether (sulfide) groups is 2. The molecule has 154 valence electrons. The van der Waals surface area contributed by atoms with Crippen molar-refractivity contribution in [3.05, 3.63) is 69.7 Å².